The van der Waals surface area contributed by atoms with Crippen molar-refractivity contribution in [1.29, 1.82) is 0 Å². The van der Waals surface area contributed by atoms with Crippen molar-refractivity contribution in [2.75, 3.05) is 13.2 Å². The van der Waals surface area contributed by atoms with Crippen LogP contribution in [0.5, 0.6) is 0 Å². The van der Waals surface area contributed by atoms with Crippen LogP contribution in [0.1, 0.15) is 51.4 Å². The van der Waals surface area contributed by atoms with Crippen molar-refractivity contribution < 1.29 is 10.2 Å². The monoisotopic (exact) mass is 200 g/mol. The van der Waals surface area contributed by atoms with Crippen molar-refractivity contribution in [2.45, 2.75) is 51.4 Å². The molecule has 0 saturated heterocycles. The van der Waals surface area contributed by atoms with Crippen molar-refractivity contribution in [3.05, 3.63) is 0 Å². The van der Waals surface area contributed by atoms with Gasteiger partial charge in [0.15, 0.2) is 0 Å². The van der Waals surface area contributed by atoms with Crippen LogP contribution in [-0.4, -0.2) is 23.4 Å². The first kappa shape index (κ1) is 12.0. The molecule has 0 aliphatic heterocycles. The van der Waals surface area contributed by atoms with E-state index in [9.17, 15) is 0 Å². The quantitative estimate of drug-likeness (QED) is 0.718. The van der Waals surface area contributed by atoms with Crippen LogP contribution in [0.15, 0.2) is 0 Å². The fourth-order valence-corrected chi connectivity index (χ4v) is 2.39. The third kappa shape index (κ3) is 4.43. The molecule has 0 radical (unpaired) electrons. The summed E-state index contributed by atoms with van der Waals surface area (Å²) in [5, 5.41) is 18.3. The third-order valence-corrected chi connectivity index (χ3v) is 3.47. The Kier molecular flexibility index (Phi) is 6.20. The Bertz CT molecular complexity index is 108. The lowest BCUT2D eigenvalue weighted by Crippen LogP contribution is -2.11. The summed E-state index contributed by atoms with van der Waals surface area (Å²) in [7, 11) is 0. The summed E-state index contributed by atoms with van der Waals surface area (Å²) in [4.78, 5) is 0. The van der Waals surface area contributed by atoms with Crippen molar-refractivity contribution in [2.24, 2.45) is 11.8 Å². The lowest BCUT2D eigenvalue weighted by molar-refractivity contribution is 0.180. The predicted molar refractivity (Wildman–Crippen MR) is 58.1 cm³/mol. The van der Waals surface area contributed by atoms with E-state index < -0.39 is 0 Å². The predicted octanol–water partition coefficient (Wildman–Crippen LogP) is 2.34. The van der Waals surface area contributed by atoms with Crippen LogP contribution in [-0.2, 0) is 0 Å². The van der Waals surface area contributed by atoms with Gasteiger partial charge >= 0.3 is 0 Å². The Morgan fingerprint density at radius 3 is 1.14 bits per heavy atom. The number of aliphatic hydroxyl groups excluding tert-OH is 2. The zero-order valence-corrected chi connectivity index (χ0v) is 9.12. The lowest BCUT2D eigenvalue weighted by Gasteiger charge is -2.19. The van der Waals surface area contributed by atoms with E-state index in [2.05, 4.69) is 0 Å². The molecule has 0 amide bonds. The smallest absolute Gasteiger partial charge is 0.0459 e. The molecule has 1 rings (SSSR count). The zero-order valence-electron chi connectivity index (χ0n) is 9.12. The van der Waals surface area contributed by atoms with E-state index in [0.717, 1.165) is 0 Å². The van der Waals surface area contributed by atoms with Crippen molar-refractivity contribution in [3.63, 3.8) is 0 Å². The van der Waals surface area contributed by atoms with Gasteiger partial charge in [-0.2, -0.15) is 0 Å². The lowest BCUT2D eigenvalue weighted by atomic mass is 9.89. The van der Waals surface area contributed by atoms with Gasteiger partial charge in [0.05, 0.1) is 0 Å². The fraction of sp³-hybridized carbons (Fsp3) is 1.00. The van der Waals surface area contributed by atoms with E-state index >= 15 is 0 Å². The minimum atomic E-state index is 0.365. The van der Waals surface area contributed by atoms with Gasteiger partial charge in [-0.15, -0.1) is 0 Å². The van der Waals surface area contributed by atoms with Gasteiger partial charge in [0.25, 0.3) is 0 Å². The van der Waals surface area contributed by atoms with Crippen LogP contribution in [0, 0.1) is 11.8 Å². The summed E-state index contributed by atoms with van der Waals surface area (Å²) < 4.78 is 0. The molecule has 0 bridgehead atoms. The number of rotatable bonds is 2. The van der Waals surface area contributed by atoms with Gasteiger partial charge in [0.1, 0.15) is 0 Å². The molecular weight excluding hydrogens is 176 g/mol. The molecule has 1 fully saturated rings. The van der Waals surface area contributed by atoms with Crippen LogP contribution in [0.25, 0.3) is 0 Å². The molecule has 0 aromatic carbocycles. The maximum Gasteiger partial charge on any atom is 0.0459 e. The largest absolute Gasteiger partial charge is 0.396 e. The molecule has 0 spiro atoms. The zero-order chi connectivity index (χ0) is 10.2. The molecule has 14 heavy (non-hydrogen) atoms. The maximum absolute atomic E-state index is 9.13. The van der Waals surface area contributed by atoms with Gasteiger partial charge in [-0.1, -0.05) is 25.7 Å². The summed E-state index contributed by atoms with van der Waals surface area (Å²) in [6.45, 7) is 0.729. The van der Waals surface area contributed by atoms with Gasteiger partial charge in [-0.3, -0.25) is 0 Å². The molecule has 0 heterocycles. The Balaban J connectivity index is 2.26. The van der Waals surface area contributed by atoms with Gasteiger partial charge in [0, 0.05) is 13.2 Å². The second kappa shape index (κ2) is 7.24. The first-order chi connectivity index (χ1) is 6.86. The molecular formula is C12H24O2. The highest BCUT2D eigenvalue weighted by Gasteiger charge is 2.12. The molecule has 2 heteroatoms. The van der Waals surface area contributed by atoms with Crippen LogP contribution < -0.4 is 0 Å². The molecule has 0 aromatic heterocycles. The Hall–Kier alpha value is -0.0800. The minimum Gasteiger partial charge on any atom is -0.396 e. The first-order valence-electron chi connectivity index (χ1n) is 6.08. The van der Waals surface area contributed by atoms with Gasteiger partial charge in [-0.05, 0) is 37.5 Å². The molecule has 0 unspecified atom stereocenters. The highest BCUT2D eigenvalue weighted by atomic mass is 16.3. The SMILES string of the molecule is OCC1CCCCC(CO)CCCC1. The normalized spacial score (nSPS) is 31.3. The topological polar surface area (TPSA) is 40.5 Å². The maximum atomic E-state index is 9.13. The average molecular weight is 200 g/mol. The van der Waals surface area contributed by atoms with E-state index in [1.165, 1.54) is 51.4 Å². The number of hydrogen-bond donors (Lipinski definition) is 2. The van der Waals surface area contributed by atoms with Crippen LogP contribution in [0.3, 0.4) is 0 Å². The van der Waals surface area contributed by atoms with Crippen molar-refractivity contribution in [1.82, 2.24) is 0 Å². The van der Waals surface area contributed by atoms with Crippen LogP contribution in [0.4, 0.5) is 0 Å². The fourth-order valence-electron chi connectivity index (χ4n) is 2.39. The molecule has 84 valence electrons. The minimum absolute atomic E-state index is 0.365. The van der Waals surface area contributed by atoms with Crippen molar-refractivity contribution in [3.8, 4) is 0 Å². The molecule has 2 nitrogen and oxygen atoms in total. The van der Waals surface area contributed by atoms with E-state index in [4.69, 9.17) is 10.2 Å². The summed E-state index contributed by atoms with van der Waals surface area (Å²) in [5.74, 6) is 1.08. The van der Waals surface area contributed by atoms with Gasteiger partial charge < -0.3 is 10.2 Å². The van der Waals surface area contributed by atoms with E-state index in [1.54, 1.807) is 0 Å². The summed E-state index contributed by atoms with van der Waals surface area (Å²) in [6, 6.07) is 0. The number of hydrogen-bond acceptors (Lipinski definition) is 2. The Morgan fingerprint density at radius 1 is 0.643 bits per heavy atom. The summed E-state index contributed by atoms with van der Waals surface area (Å²) >= 11 is 0. The molecule has 1 aliphatic rings. The second-order valence-electron chi connectivity index (χ2n) is 4.67. The molecule has 0 atom stereocenters. The Morgan fingerprint density at radius 2 is 0.929 bits per heavy atom. The highest BCUT2D eigenvalue weighted by Crippen LogP contribution is 2.23. The molecule has 1 saturated carbocycles. The second-order valence-corrected chi connectivity index (χ2v) is 4.67. The van der Waals surface area contributed by atoms with E-state index in [-0.39, 0.29) is 0 Å². The molecule has 0 aromatic rings. The van der Waals surface area contributed by atoms with E-state index in [1.807, 2.05) is 0 Å². The first-order valence-corrected chi connectivity index (χ1v) is 6.08. The standard InChI is InChI=1S/C12H24O2/c13-9-11-5-1-2-6-12(10-14)8-4-3-7-11/h11-14H,1-10H2. The van der Waals surface area contributed by atoms with Gasteiger partial charge in [-0.25, -0.2) is 0 Å². The van der Waals surface area contributed by atoms with E-state index in [0.29, 0.717) is 25.0 Å². The van der Waals surface area contributed by atoms with Crippen molar-refractivity contribution >= 4 is 0 Å². The summed E-state index contributed by atoms with van der Waals surface area (Å²) in [5.41, 5.74) is 0. The average Bonchev–Trinajstić information content (AvgIpc) is 2.25. The highest BCUT2D eigenvalue weighted by molar-refractivity contribution is 4.65. The number of aliphatic hydroxyl groups is 2. The molecule has 1 aliphatic carbocycles. The van der Waals surface area contributed by atoms with Crippen LogP contribution >= 0.6 is 0 Å². The molecule has 2 N–H and O–H groups in total. The van der Waals surface area contributed by atoms with Crippen LogP contribution in [0.2, 0.25) is 0 Å². The Labute approximate surface area is 87.3 Å². The summed E-state index contributed by atoms with van der Waals surface area (Å²) in [6.07, 6.45) is 9.60. The van der Waals surface area contributed by atoms with Gasteiger partial charge in [0.2, 0.25) is 0 Å². The third-order valence-electron chi connectivity index (χ3n) is 3.47.